The number of fused-ring (bicyclic) bond motifs is 5. The fraction of sp³-hybridized carbons (Fsp3) is 0.600. The van der Waals surface area contributed by atoms with Crippen LogP contribution in [0.15, 0.2) is 9.98 Å². The topological polar surface area (TPSA) is 28.0 Å². The van der Waals surface area contributed by atoms with Crippen LogP contribution in [-0.2, 0) is 12.8 Å². The van der Waals surface area contributed by atoms with Gasteiger partial charge in [0.1, 0.15) is 16.7 Å². The van der Waals surface area contributed by atoms with Crippen LogP contribution >= 0.6 is 11.3 Å². The van der Waals surface area contributed by atoms with E-state index in [1.807, 2.05) is 11.3 Å². The number of nitrogens with zero attached hydrogens (tertiary/aromatic N) is 3. The quantitative estimate of drug-likeness (QED) is 0.769. The lowest BCUT2D eigenvalue weighted by molar-refractivity contribution is 0.536. The van der Waals surface area contributed by atoms with Crippen LogP contribution in [0.5, 0.6) is 0 Å². The normalized spacial score (nSPS) is 21.2. The highest BCUT2D eigenvalue weighted by Crippen LogP contribution is 2.43. The predicted octanol–water partition coefficient (Wildman–Crippen LogP) is 3.53. The minimum Gasteiger partial charge on any atom is -0.314 e. The first-order valence-corrected chi connectivity index (χ1v) is 8.24. The molecule has 0 aromatic carbocycles. The fourth-order valence-corrected chi connectivity index (χ4v) is 4.65. The summed E-state index contributed by atoms with van der Waals surface area (Å²) < 4.78 is 0. The van der Waals surface area contributed by atoms with Crippen LogP contribution in [0.2, 0.25) is 0 Å². The molecule has 0 atom stereocenters. The molecule has 1 aromatic heterocycles. The Bertz CT molecular complexity index is 582. The first kappa shape index (κ1) is 11.6. The van der Waals surface area contributed by atoms with Crippen molar-refractivity contribution in [2.75, 3.05) is 13.1 Å². The molecule has 0 fully saturated rings. The van der Waals surface area contributed by atoms with Gasteiger partial charge in [-0.25, -0.2) is 4.99 Å². The summed E-state index contributed by atoms with van der Waals surface area (Å²) in [6.45, 7) is 4.27. The Kier molecular flexibility index (Phi) is 2.72. The number of thiophene rings is 1. The van der Waals surface area contributed by atoms with E-state index in [2.05, 4.69) is 11.8 Å². The third kappa shape index (κ3) is 1.69. The van der Waals surface area contributed by atoms with E-state index in [-0.39, 0.29) is 0 Å². The van der Waals surface area contributed by atoms with Crippen LogP contribution in [0.25, 0.3) is 0 Å². The Labute approximate surface area is 118 Å². The molecule has 0 saturated heterocycles. The van der Waals surface area contributed by atoms with Gasteiger partial charge in [-0.2, -0.15) is 0 Å². The van der Waals surface area contributed by atoms with Crippen molar-refractivity contribution in [3.05, 3.63) is 16.0 Å². The molecule has 1 aliphatic carbocycles. The summed E-state index contributed by atoms with van der Waals surface area (Å²) in [7, 11) is 0. The van der Waals surface area contributed by atoms with E-state index in [1.165, 1.54) is 47.9 Å². The largest absolute Gasteiger partial charge is 0.314 e. The Morgan fingerprint density at radius 3 is 3.00 bits per heavy atom. The molecule has 3 nitrogen and oxygen atoms in total. The number of amidine groups is 2. The van der Waals surface area contributed by atoms with Crippen molar-refractivity contribution < 1.29 is 0 Å². The maximum atomic E-state index is 4.93. The molecule has 0 unspecified atom stereocenters. The predicted molar refractivity (Wildman–Crippen MR) is 81.1 cm³/mol. The third-order valence-corrected chi connectivity index (χ3v) is 5.48. The zero-order valence-electron chi connectivity index (χ0n) is 11.4. The third-order valence-electron chi connectivity index (χ3n) is 4.29. The second-order valence-electron chi connectivity index (χ2n) is 5.48. The minimum absolute atomic E-state index is 0.979. The summed E-state index contributed by atoms with van der Waals surface area (Å²) in [6.07, 6.45) is 7.30. The Morgan fingerprint density at radius 2 is 2.11 bits per heavy atom. The monoisotopic (exact) mass is 273 g/mol. The lowest BCUT2D eigenvalue weighted by Crippen LogP contribution is -2.42. The smallest absolute Gasteiger partial charge is 0.139 e. The highest BCUT2D eigenvalue weighted by Gasteiger charge is 2.32. The van der Waals surface area contributed by atoms with Gasteiger partial charge >= 0.3 is 0 Å². The average Bonchev–Trinajstić information content (AvgIpc) is 2.84. The van der Waals surface area contributed by atoms with Crippen LogP contribution < -0.4 is 0 Å². The van der Waals surface area contributed by atoms with Gasteiger partial charge in [-0.1, -0.05) is 6.92 Å². The molecule has 4 rings (SSSR count). The molecule has 100 valence electrons. The molecule has 0 bridgehead atoms. The summed E-state index contributed by atoms with van der Waals surface area (Å²) in [5, 5.41) is 1.24. The van der Waals surface area contributed by atoms with Crippen LogP contribution in [0.3, 0.4) is 0 Å². The first-order chi connectivity index (χ1) is 9.38. The lowest BCUT2D eigenvalue weighted by Gasteiger charge is -2.33. The molecule has 0 spiro atoms. The molecule has 0 amide bonds. The van der Waals surface area contributed by atoms with E-state index in [1.54, 1.807) is 10.4 Å². The maximum Gasteiger partial charge on any atom is 0.139 e. The highest BCUT2D eigenvalue weighted by molar-refractivity contribution is 7.16. The Balaban J connectivity index is 1.92. The Morgan fingerprint density at radius 1 is 1.21 bits per heavy atom. The van der Waals surface area contributed by atoms with Crippen molar-refractivity contribution in [2.45, 2.75) is 45.4 Å². The summed E-state index contributed by atoms with van der Waals surface area (Å²) in [5.41, 5.74) is 2.95. The van der Waals surface area contributed by atoms with Crippen LogP contribution in [0, 0.1) is 0 Å². The van der Waals surface area contributed by atoms with E-state index in [0.29, 0.717) is 0 Å². The number of rotatable bonds is 1. The van der Waals surface area contributed by atoms with Crippen molar-refractivity contribution in [1.29, 1.82) is 0 Å². The number of aryl methyl sites for hydroxylation is 1. The van der Waals surface area contributed by atoms with E-state index in [4.69, 9.17) is 9.98 Å². The molecule has 2 aliphatic heterocycles. The Hall–Kier alpha value is -1.16. The highest BCUT2D eigenvalue weighted by atomic mass is 32.1. The van der Waals surface area contributed by atoms with Crippen molar-refractivity contribution >= 4 is 28.0 Å². The maximum absolute atomic E-state index is 4.93. The van der Waals surface area contributed by atoms with E-state index >= 15 is 0 Å². The van der Waals surface area contributed by atoms with Crippen molar-refractivity contribution in [1.82, 2.24) is 4.90 Å². The second kappa shape index (κ2) is 4.44. The van der Waals surface area contributed by atoms with Crippen molar-refractivity contribution in [2.24, 2.45) is 9.98 Å². The summed E-state index contributed by atoms with van der Waals surface area (Å²) >= 11 is 1.92. The van der Waals surface area contributed by atoms with Gasteiger partial charge in [0.15, 0.2) is 0 Å². The van der Waals surface area contributed by atoms with E-state index in [9.17, 15) is 0 Å². The molecule has 0 radical (unpaired) electrons. The molecule has 0 N–H and O–H groups in total. The average molecular weight is 273 g/mol. The van der Waals surface area contributed by atoms with Gasteiger partial charge in [0.05, 0.1) is 5.56 Å². The summed E-state index contributed by atoms with van der Waals surface area (Å²) in [6, 6.07) is 0. The molecule has 1 aromatic rings. The molecule has 3 aliphatic rings. The SMILES string of the molecule is CCC1=Nc2sc3c(c2C2=NCCCN12)CCCC3. The van der Waals surface area contributed by atoms with Crippen molar-refractivity contribution in [3.63, 3.8) is 0 Å². The zero-order valence-corrected chi connectivity index (χ0v) is 12.2. The van der Waals surface area contributed by atoms with Gasteiger partial charge in [0.25, 0.3) is 0 Å². The van der Waals surface area contributed by atoms with Gasteiger partial charge in [-0.3, -0.25) is 4.99 Å². The fourth-order valence-electron chi connectivity index (χ4n) is 3.38. The number of hydrogen-bond donors (Lipinski definition) is 0. The standard InChI is InChI=1S/C15H19N3S/c1-2-12-17-15-13(14-16-8-5-9-18(12)14)10-6-3-4-7-11(10)19-15/h2-9H2,1H3. The molecule has 19 heavy (non-hydrogen) atoms. The van der Waals surface area contributed by atoms with Crippen LogP contribution in [0.4, 0.5) is 5.00 Å². The van der Waals surface area contributed by atoms with E-state index < -0.39 is 0 Å². The summed E-state index contributed by atoms with van der Waals surface area (Å²) in [5.74, 6) is 2.44. The molecule has 4 heteroatoms. The lowest BCUT2D eigenvalue weighted by atomic mass is 9.94. The van der Waals surface area contributed by atoms with E-state index in [0.717, 1.165) is 25.9 Å². The van der Waals surface area contributed by atoms with Crippen molar-refractivity contribution in [3.8, 4) is 0 Å². The zero-order chi connectivity index (χ0) is 12.8. The molecule has 0 saturated carbocycles. The van der Waals surface area contributed by atoms with Gasteiger partial charge in [0, 0.05) is 24.4 Å². The summed E-state index contributed by atoms with van der Waals surface area (Å²) in [4.78, 5) is 13.7. The van der Waals surface area contributed by atoms with Gasteiger partial charge in [-0.15, -0.1) is 11.3 Å². The van der Waals surface area contributed by atoms with Gasteiger partial charge in [-0.05, 0) is 37.7 Å². The molecular weight excluding hydrogens is 254 g/mol. The minimum atomic E-state index is 0.979. The van der Waals surface area contributed by atoms with Gasteiger partial charge < -0.3 is 4.90 Å². The molecule has 3 heterocycles. The number of hydrogen-bond acceptors (Lipinski definition) is 4. The second-order valence-corrected chi connectivity index (χ2v) is 6.57. The number of aliphatic imine (C=N–C) groups is 2. The molecular formula is C15H19N3S. The van der Waals surface area contributed by atoms with Gasteiger partial charge in [0.2, 0.25) is 0 Å². The van der Waals surface area contributed by atoms with Crippen LogP contribution in [0.1, 0.15) is 48.6 Å². The first-order valence-electron chi connectivity index (χ1n) is 7.43. The van der Waals surface area contributed by atoms with Crippen LogP contribution in [-0.4, -0.2) is 29.7 Å².